The minimum atomic E-state index is -0.205. The van der Waals surface area contributed by atoms with Crippen molar-refractivity contribution in [3.8, 4) is 0 Å². The largest absolute Gasteiger partial charge is 0.377 e. The van der Waals surface area contributed by atoms with Gasteiger partial charge in [0.2, 0.25) is 5.91 Å². The van der Waals surface area contributed by atoms with Crippen LogP contribution in [0, 0.1) is 0 Å². The Kier molecular flexibility index (Phi) is 6.24. The van der Waals surface area contributed by atoms with Crippen LogP contribution in [0.3, 0.4) is 0 Å². The van der Waals surface area contributed by atoms with E-state index in [1.54, 1.807) is 18.4 Å². The molecule has 8 heteroatoms. The van der Waals surface area contributed by atoms with Crippen LogP contribution < -0.4 is 10.2 Å². The number of nitrogens with one attached hydrogen (secondary N) is 1. The van der Waals surface area contributed by atoms with Crippen molar-refractivity contribution >= 4 is 32.7 Å². The third-order valence-corrected chi connectivity index (χ3v) is 6.35. The molecule has 0 spiro atoms. The summed E-state index contributed by atoms with van der Waals surface area (Å²) >= 11 is 1.58. The first-order chi connectivity index (χ1) is 14.6. The molecule has 4 rings (SSSR count). The quantitative estimate of drug-likeness (QED) is 0.623. The lowest BCUT2D eigenvalue weighted by Crippen LogP contribution is -2.43. The summed E-state index contributed by atoms with van der Waals surface area (Å²) in [6, 6.07) is 9.77. The molecular formula is C22H27N5O2S. The van der Waals surface area contributed by atoms with Crippen LogP contribution in [0.1, 0.15) is 49.7 Å². The van der Waals surface area contributed by atoms with Crippen molar-refractivity contribution in [2.75, 3.05) is 18.6 Å². The van der Waals surface area contributed by atoms with Crippen molar-refractivity contribution in [3.63, 3.8) is 0 Å². The molecule has 0 radical (unpaired) electrons. The van der Waals surface area contributed by atoms with Gasteiger partial charge in [-0.1, -0.05) is 55.5 Å². The molecule has 30 heavy (non-hydrogen) atoms. The summed E-state index contributed by atoms with van der Waals surface area (Å²) in [6.45, 7) is 5.95. The number of carbonyl (C=O) groups is 1. The molecule has 3 aromatic rings. The van der Waals surface area contributed by atoms with Gasteiger partial charge in [0.25, 0.3) is 0 Å². The highest BCUT2D eigenvalue weighted by atomic mass is 32.1. The highest BCUT2D eigenvalue weighted by molar-refractivity contribution is 7.22. The van der Waals surface area contributed by atoms with Crippen molar-refractivity contribution in [1.82, 2.24) is 20.3 Å². The summed E-state index contributed by atoms with van der Waals surface area (Å²) in [5.41, 5.74) is 2.77. The number of hydrogen-bond acceptors (Lipinski definition) is 7. The standard InChI is InChI=1S/C22H27N5O2S/c1-14(2)18-19-20(25-17(24-18)13-29-3)26-22(30-19)27-11-7-10-16(27)21(28)23-12-15-8-5-4-6-9-15/h4-6,8-9,14,16H,7,10-13H2,1-3H3,(H,23,28)/t16-/m1/s1. The second-order valence-corrected chi connectivity index (χ2v) is 8.79. The van der Waals surface area contributed by atoms with E-state index < -0.39 is 0 Å². The monoisotopic (exact) mass is 425 g/mol. The molecule has 0 saturated carbocycles. The Balaban J connectivity index is 1.57. The maximum atomic E-state index is 12.9. The zero-order valence-electron chi connectivity index (χ0n) is 17.6. The van der Waals surface area contributed by atoms with Crippen molar-refractivity contribution in [3.05, 3.63) is 47.4 Å². The van der Waals surface area contributed by atoms with Crippen LogP contribution in [0.15, 0.2) is 30.3 Å². The molecule has 1 atom stereocenters. The molecule has 1 aliphatic heterocycles. The van der Waals surface area contributed by atoms with Gasteiger partial charge >= 0.3 is 0 Å². The molecule has 1 N–H and O–H groups in total. The van der Waals surface area contributed by atoms with Crippen LogP contribution >= 0.6 is 11.3 Å². The van der Waals surface area contributed by atoms with Gasteiger partial charge in [-0.25, -0.2) is 9.97 Å². The summed E-state index contributed by atoms with van der Waals surface area (Å²) in [4.78, 5) is 29.1. The van der Waals surface area contributed by atoms with Crippen molar-refractivity contribution in [2.45, 2.75) is 51.8 Å². The number of ether oxygens (including phenoxy) is 1. The molecule has 0 aliphatic carbocycles. The summed E-state index contributed by atoms with van der Waals surface area (Å²) in [5.74, 6) is 0.943. The number of aromatic nitrogens is 3. The normalized spacial score (nSPS) is 16.5. The molecule has 0 unspecified atom stereocenters. The van der Waals surface area contributed by atoms with Gasteiger partial charge < -0.3 is 15.0 Å². The van der Waals surface area contributed by atoms with Crippen LogP contribution in [0.25, 0.3) is 10.3 Å². The minimum Gasteiger partial charge on any atom is -0.377 e. The van der Waals surface area contributed by atoms with Crippen molar-refractivity contribution in [1.29, 1.82) is 0 Å². The molecule has 2 aromatic heterocycles. The van der Waals surface area contributed by atoms with Crippen LogP contribution in [0.2, 0.25) is 0 Å². The smallest absolute Gasteiger partial charge is 0.243 e. The zero-order chi connectivity index (χ0) is 21.1. The summed E-state index contributed by atoms with van der Waals surface area (Å²) in [6.07, 6.45) is 1.80. The average molecular weight is 426 g/mol. The van der Waals surface area contributed by atoms with Gasteiger partial charge in [-0.2, -0.15) is 4.98 Å². The van der Waals surface area contributed by atoms with E-state index in [2.05, 4.69) is 34.0 Å². The lowest BCUT2D eigenvalue weighted by atomic mass is 10.1. The number of methoxy groups -OCH3 is 1. The molecule has 1 saturated heterocycles. The van der Waals surface area contributed by atoms with Gasteiger partial charge in [0.05, 0.1) is 10.4 Å². The zero-order valence-corrected chi connectivity index (χ0v) is 18.4. The lowest BCUT2D eigenvalue weighted by Gasteiger charge is -2.23. The first kappa shape index (κ1) is 20.7. The number of fused-ring (bicyclic) bond motifs is 1. The predicted molar refractivity (Wildman–Crippen MR) is 119 cm³/mol. The van der Waals surface area contributed by atoms with E-state index in [1.807, 2.05) is 30.3 Å². The first-order valence-corrected chi connectivity index (χ1v) is 11.1. The molecule has 0 bridgehead atoms. The van der Waals surface area contributed by atoms with E-state index in [4.69, 9.17) is 9.72 Å². The SMILES string of the molecule is COCc1nc(C(C)C)c2sc(N3CCC[C@@H]3C(=O)NCc3ccccc3)nc2n1. The van der Waals surface area contributed by atoms with E-state index in [0.717, 1.165) is 40.5 Å². The van der Waals surface area contributed by atoms with E-state index in [9.17, 15) is 4.79 Å². The minimum absolute atomic E-state index is 0.0471. The van der Waals surface area contributed by atoms with Gasteiger partial charge in [0.15, 0.2) is 16.6 Å². The fourth-order valence-electron chi connectivity index (χ4n) is 3.76. The van der Waals surface area contributed by atoms with E-state index in [1.165, 1.54) is 0 Å². The van der Waals surface area contributed by atoms with Crippen LogP contribution in [-0.4, -0.2) is 40.6 Å². The Morgan fingerprint density at radius 3 is 2.80 bits per heavy atom. The Labute approximate surface area is 180 Å². The fraction of sp³-hybridized carbons (Fsp3) is 0.455. The molecule has 1 aliphatic rings. The second kappa shape index (κ2) is 9.06. The number of hydrogen-bond donors (Lipinski definition) is 1. The second-order valence-electron chi connectivity index (χ2n) is 7.82. The number of benzene rings is 1. The summed E-state index contributed by atoms with van der Waals surface area (Å²) in [7, 11) is 1.64. The average Bonchev–Trinajstić information content (AvgIpc) is 3.39. The molecule has 1 fully saturated rings. The number of thiazole rings is 1. The van der Waals surface area contributed by atoms with Gasteiger partial charge in [-0.3, -0.25) is 4.79 Å². The number of anilines is 1. The topological polar surface area (TPSA) is 80.2 Å². The highest BCUT2D eigenvalue weighted by Gasteiger charge is 2.33. The maximum Gasteiger partial charge on any atom is 0.243 e. The Morgan fingerprint density at radius 2 is 2.07 bits per heavy atom. The third-order valence-electron chi connectivity index (χ3n) is 5.25. The van der Waals surface area contributed by atoms with Gasteiger partial charge in [0, 0.05) is 20.2 Å². The summed E-state index contributed by atoms with van der Waals surface area (Å²) < 4.78 is 6.21. The Bertz CT molecular complexity index is 1020. The molecule has 3 heterocycles. The van der Waals surface area contributed by atoms with Gasteiger partial charge in [-0.05, 0) is 24.3 Å². The fourth-order valence-corrected chi connectivity index (χ4v) is 4.98. The van der Waals surface area contributed by atoms with E-state index in [0.29, 0.717) is 24.6 Å². The predicted octanol–water partition coefficient (Wildman–Crippen LogP) is 3.64. The van der Waals surface area contributed by atoms with Gasteiger partial charge in [-0.15, -0.1) is 0 Å². The Morgan fingerprint density at radius 1 is 1.27 bits per heavy atom. The van der Waals surface area contributed by atoms with Crippen molar-refractivity contribution in [2.24, 2.45) is 0 Å². The highest BCUT2D eigenvalue weighted by Crippen LogP contribution is 2.36. The molecule has 158 valence electrons. The van der Waals surface area contributed by atoms with Crippen LogP contribution in [0.4, 0.5) is 5.13 Å². The maximum absolute atomic E-state index is 12.9. The van der Waals surface area contributed by atoms with Crippen LogP contribution in [0.5, 0.6) is 0 Å². The number of carbonyl (C=O) groups excluding carboxylic acids is 1. The number of amides is 1. The van der Waals surface area contributed by atoms with Crippen LogP contribution in [-0.2, 0) is 22.7 Å². The lowest BCUT2D eigenvalue weighted by molar-refractivity contribution is -0.122. The number of nitrogens with zero attached hydrogens (tertiary/aromatic N) is 4. The Hall–Kier alpha value is -2.58. The third kappa shape index (κ3) is 4.29. The van der Waals surface area contributed by atoms with E-state index in [-0.39, 0.29) is 17.9 Å². The molecule has 7 nitrogen and oxygen atoms in total. The van der Waals surface area contributed by atoms with Crippen molar-refractivity contribution < 1.29 is 9.53 Å². The van der Waals surface area contributed by atoms with Gasteiger partial charge in [0.1, 0.15) is 12.6 Å². The molecule has 1 amide bonds. The number of rotatable bonds is 7. The molecular weight excluding hydrogens is 398 g/mol. The summed E-state index contributed by atoms with van der Waals surface area (Å²) in [5, 5.41) is 3.92. The molecule has 1 aromatic carbocycles. The first-order valence-electron chi connectivity index (χ1n) is 10.3. The van der Waals surface area contributed by atoms with E-state index >= 15 is 0 Å².